The average molecular weight is 714 g/mol. The van der Waals surface area contributed by atoms with Crippen molar-refractivity contribution in [2.75, 3.05) is 11.1 Å². The van der Waals surface area contributed by atoms with Gasteiger partial charge in [-0.1, -0.05) is 90.6 Å². The first-order valence-corrected chi connectivity index (χ1v) is 18.0. The van der Waals surface area contributed by atoms with E-state index in [-0.39, 0.29) is 24.8 Å². The molecule has 5 aromatic carbocycles. The molecule has 7 rings (SSSR count). The molecule has 264 valence electrons. The fourth-order valence-electron chi connectivity index (χ4n) is 5.91. The van der Waals surface area contributed by atoms with Crippen LogP contribution in [0, 0.1) is 0 Å². The topological polar surface area (TPSA) is 120 Å². The average Bonchev–Trinajstić information content (AvgIpc) is 3.61. The number of ether oxygens (including phenoxy) is 3. The number of thioether (sulfide) groups is 1. The minimum absolute atomic E-state index is 0.00770. The second-order valence-electron chi connectivity index (χ2n) is 12.5. The maximum atomic E-state index is 12.8. The summed E-state index contributed by atoms with van der Waals surface area (Å²) in [5.74, 6) is 2.12. The SMILES string of the molecule is Cn1cnnc1SC[C@H]1C[C@@H](c2ccc(CO)cc2)O[C@@H](c2cccc(-c3cccc(CNC(=O)Nc4ccc(Oc5ccccc5)cc4)c3)c2)O1. The molecular formula is C41H39N5O5S. The number of aliphatic hydroxyl groups is 1. The van der Waals surface area contributed by atoms with Crippen molar-refractivity contribution in [2.24, 2.45) is 7.05 Å². The van der Waals surface area contributed by atoms with Crippen LogP contribution in [0.5, 0.6) is 11.5 Å². The smallest absolute Gasteiger partial charge is 0.319 e. The minimum atomic E-state index is -0.589. The van der Waals surface area contributed by atoms with Crippen LogP contribution in [0.4, 0.5) is 10.5 Å². The molecule has 3 atom stereocenters. The number of hydrogen-bond acceptors (Lipinski definition) is 8. The van der Waals surface area contributed by atoms with Gasteiger partial charge in [-0.25, -0.2) is 4.79 Å². The molecule has 1 aromatic heterocycles. The second-order valence-corrected chi connectivity index (χ2v) is 13.4. The first-order valence-electron chi connectivity index (χ1n) is 17.0. The van der Waals surface area contributed by atoms with Gasteiger partial charge in [0.2, 0.25) is 0 Å². The first kappa shape index (κ1) is 35.0. The van der Waals surface area contributed by atoms with Gasteiger partial charge in [0.1, 0.15) is 17.8 Å². The normalized spacial score (nSPS) is 17.0. The summed E-state index contributed by atoms with van der Waals surface area (Å²) in [6.45, 7) is 0.345. The molecule has 0 bridgehead atoms. The molecule has 0 aliphatic carbocycles. The highest BCUT2D eigenvalue weighted by Gasteiger charge is 2.32. The summed E-state index contributed by atoms with van der Waals surface area (Å²) in [5, 5.41) is 24.4. The molecule has 2 amide bonds. The third-order valence-corrected chi connectivity index (χ3v) is 9.81. The summed E-state index contributed by atoms with van der Waals surface area (Å²) in [5.41, 5.74) is 6.44. The molecular weight excluding hydrogens is 675 g/mol. The van der Waals surface area contributed by atoms with Crippen LogP contribution in [-0.4, -0.2) is 37.8 Å². The Morgan fingerprint density at radius 2 is 1.60 bits per heavy atom. The van der Waals surface area contributed by atoms with Crippen molar-refractivity contribution in [3.8, 4) is 22.6 Å². The Hall–Kier alpha value is -5.46. The van der Waals surface area contributed by atoms with Gasteiger partial charge in [-0.15, -0.1) is 10.2 Å². The van der Waals surface area contributed by atoms with E-state index in [4.69, 9.17) is 14.2 Å². The Morgan fingerprint density at radius 3 is 2.35 bits per heavy atom. The van der Waals surface area contributed by atoms with E-state index in [2.05, 4.69) is 45.1 Å². The molecule has 1 aliphatic rings. The lowest BCUT2D eigenvalue weighted by atomic mass is 9.99. The minimum Gasteiger partial charge on any atom is -0.457 e. The van der Waals surface area contributed by atoms with Gasteiger partial charge in [-0.05, 0) is 76.3 Å². The van der Waals surface area contributed by atoms with E-state index in [0.717, 1.165) is 44.3 Å². The van der Waals surface area contributed by atoms with Gasteiger partial charge in [-0.3, -0.25) is 0 Å². The van der Waals surface area contributed by atoms with Crippen LogP contribution >= 0.6 is 11.8 Å². The number of para-hydroxylation sites is 1. The predicted octanol–water partition coefficient (Wildman–Crippen LogP) is 8.43. The predicted molar refractivity (Wildman–Crippen MR) is 201 cm³/mol. The zero-order valence-corrected chi connectivity index (χ0v) is 29.4. The third kappa shape index (κ3) is 9.06. The zero-order valence-electron chi connectivity index (χ0n) is 28.6. The molecule has 0 radical (unpaired) electrons. The van der Waals surface area contributed by atoms with E-state index in [9.17, 15) is 9.90 Å². The lowest BCUT2D eigenvalue weighted by Crippen LogP contribution is -2.31. The van der Waals surface area contributed by atoms with Gasteiger partial charge in [0.05, 0.1) is 18.8 Å². The maximum absolute atomic E-state index is 12.8. The lowest BCUT2D eigenvalue weighted by molar-refractivity contribution is -0.245. The van der Waals surface area contributed by atoms with E-state index in [1.165, 1.54) is 0 Å². The Kier molecular flexibility index (Phi) is 11.2. The number of benzene rings is 5. The highest BCUT2D eigenvalue weighted by molar-refractivity contribution is 7.99. The number of nitrogens with one attached hydrogen (secondary N) is 2. The summed E-state index contributed by atoms with van der Waals surface area (Å²) >= 11 is 1.61. The van der Waals surface area contributed by atoms with Gasteiger partial charge in [0.25, 0.3) is 0 Å². The van der Waals surface area contributed by atoms with Crippen molar-refractivity contribution in [2.45, 2.75) is 43.2 Å². The third-order valence-electron chi connectivity index (χ3n) is 8.65. The van der Waals surface area contributed by atoms with Crippen molar-refractivity contribution in [1.29, 1.82) is 0 Å². The van der Waals surface area contributed by atoms with Gasteiger partial charge in [0, 0.05) is 37.0 Å². The molecule has 1 saturated heterocycles. The molecule has 11 heteroatoms. The highest BCUT2D eigenvalue weighted by atomic mass is 32.2. The number of nitrogens with zero attached hydrogens (tertiary/aromatic N) is 3. The Balaban J connectivity index is 1.00. The number of carbonyl (C=O) groups is 1. The summed E-state index contributed by atoms with van der Waals surface area (Å²) in [4.78, 5) is 12.8. The van der Waals surface area contributed by atoms with Crippen LogP contribution in [0.1, 0.15) is 41.1 Å². The summed E-state index contributed by atoms with van der Waals surface area (Å²) in [6, 6.07) is 40.7. The number of hydrogen-bond donors (Lipinski definition) is 3. The first-order chi connectivity index (χ1) is 25.5. The molecule has 10 nitrogen and oxygen atoms in total. The van der Waals surface area contributed by atoms with Crippen molar-refractivity contribution < 1.29 is 24.1 Å². The number of carbonyl (C=O) groups excluding carboxylic acids is 1. The van der Waals surface area contributed by atoms with Crippen LogP contribution < -0.4 is 15.4 Å². The number of urea groups is 1. The number of anilines is 1. The zero-order chi connectivity index (χ0) is 35.7. The monoisotopic (exact) mass is 713 g/mol. The van der Waals surface area contributed by atoms with Crippen LogP contribution in [0.2, 0.25) is 0 Å². The summed E-state index contributed by atoms with van der Waals surface area (Å²) < 4.78 is 20.9. The largest absolute Gasteiger partial charge is 0.457 e. The molecule has 3 N–H and O–H groups in total. The van der Waals surface area contributed by atoms with E-state index >= 15 is 0 Å². The molecule has 1 fully saturated rings. The number of aliphatic hydroxyl groups excluding tert-OH is 1. The van der Waals surface area contributed by atoms with E-state index in [1.807, 2.05) is 103 Å². The maximum Gasteiger partial charge on any atom is 0.319 e. The number of aromatic nitrogens is 3. The van der Waals surface area contributed by atoms with E-state index in [0.29, 0.717) is 30.2 Å². The Bertz CT molecular complexity index is 2070. The van der Waals surface area contributed by atoms with Gasteiger partial charge >= 0.3 is 6.03 Å². The number of aryl methyl sites for hydroxylation is 1. The van der Waals surface area contributed by atoms with Crippen molar-refractivity contribution in [1.82, 2.24) is 20.1 Å². The van der Waals surface area contributed by atoms with Gasteiger partial charge in [0.15, 0.2) is 11.4 Å². The molecule has 1 aliphatic heterocycles. The van der Waals surface area contributed by atoms with E-state index < -0.39 is 6.29 Å². The highest BCUT2D eigenvalue weighted by Crippen LogP contribution is 2.40. The lowest BCUT2D eigenvalue weighted by Gasteiger charge is -2.36. The van der Waals surface area contributed by atoms with Crippen molar-refractivity contribution in [3.63, 3.8) is 0 Å². The second kappa shape index (κ2) is 16.7. The van der Waals surface area contributed by atoms with Crippen LogP contribution in [0.3, 0.4) is 0 Å². The summed E-state index contributed by atoms with van der Waals surface area (Å²) in [6.07, 6.45) is 1.48. The number of rotatable bonds is 12. The molecule has 0 spiro atoms. The molecule has 0 saturated carbocycles. The molecule has 2 heterocycles. The fourth-order valence-corrected chi connectivity index (χ4v) is 6.81. The quantitative estimate of drug-likeness (QED) is 0.108. The van der Waals surface area contributed by atoms with Gasteiger partial charge < -0.3 is 34.5 Å². The molecule has 0 unspecified atom stereocenters. The van der Waals surface area contributed by atoms with Crippen LogP contribution in [-0.2, 0) is 29.7 Å². The molecule has 52 heavy (non-hydrogen) atoms. The molecule has 6 aromatic rings. The van der Waals surface area contributed by atoms with E-state index in [1.54, 1.807) is 30.2 Å². The number of amides is 2. The Labute approximate surface area is 306 Å². The van der Waals surface area contributed by atoms with Crippen molar-refractivity contribution >= 4 is 23.5 Å². The van der Waals surface area contributed by atoms with Gasteiger partial charge in [-0.2, -0.15) is 0 Å². The summed E-state index contributed by atoms with van der Waals surface area (Å²) in [7, 11) is 1.93. The standard InChI is InChI=1S/C41H39N5O5S/c1-46-27-43-45-41(46)52-26-37-23-38(30-15-13-28(25-47)14-16-30)51-39(50-37)33-10-6-9-32(22-33)31-8-5-7-29(21-31)24-42-40(48)44-34-17-19-36(20-18-34)49-35-11-3-2-4-12-35/h2-22,27,37-39,47H,23-26H2,1H3,(H2,42,44,48)/t37-,38+,39+/m1/s1. The van der Waals surface area contributed by atoms with Crippen molar-refractivity contribution in [3.05, 3.63) is 156 Å². The fraction of sp³-hybridized carbons (Fsp3) is 0.195. The van der Waals surface area contributed by atoms with Crippen LogP contribution in [0.25, 0.3) is 11.1 Å². The van der Waals surface area contributed by atoms with Crippen LogP contribution in [0.15, 0.2) is 139 Å². The Morgan fingerprint density at radius 1 is 0.846 bits per heavy atom.